The maximum atomic E-state index is 8.68. The molecule has 1 N–H and O–H groups in total. The first-order valence-corrected chi connectivity index (χ1v) is 6.53. The second kappa shape index (κ2) is 6.72. The first kappa shape index (κ1) is 13.3. The van der Waals surface area contributed by atoms with Crippen molar-refractivity contribution in [3.05, 3.63) is 71.3 Å². The average Bonchev–Trinajstić information content (AvgIpc) is 2.46. The Bertz CT molecular complexity index is 555. The highest BCUT2D eigenvalue weighted by Crippen LogP contribution is 2.24. The van der Waals surface area contributed by atoms with Gasteiger partial charge in [0, 0.05) is 13.0 Å². The van der Waals surface area contributed by atoms with E-state index in [4.69, 9.17) is 5.26 Å². The molecule has 0 spiro atoms. The largest absolute Gasteiger partial charge is 0.305 e. The Morgan fingerprint density at radius 1 is 1.05 bits per heavy atom. The van der Waals surface area contributed by atoms with Crippen molar-refractivity contribution < 1.29 is 0 Å². The third-order valence-corrected chi connectivity index (χ3v) is 3.22. The quantitative estimate of drug-likeness (QED) is 0.823. The summed E-state index contributed by atoms with van der Waals surface area (Å²) in [4.78, 5) is 0. The molecule has 2 heteroatoms. The van der Waals surface area contributed by atoms with Crippen molar-refractivity contribution in [1.82, 2.24) is 5.32 Å². The minimum absolute atomic E-state index is 0.149. The zero-order chi connectivity index (χ0) is 13.5. The molecule has 0 saturated heterocycles. The van der Waals surface area contributed by atoms with Crippen molar-refractivity contribution in [2.24, 2.45) is 0 Å². The minimum Gasteiger partial charge on any atom is -0.305 e. The standard InChI is InChI=1S/C17H18N2/c1-14-8-5-6-11-16(14)17(19-13-7-12-18)15-9-3-2-4-10-15/h2-6,8-11,17,19H,7,13H2,1H3. The predicted molar refractivity (Wildman–Crippen MR) is 77.7 cm³/mol. The van der Waals surface area contributed by atoms with E-state index in [1.807, 2.05) is 18.2 Å². The molecule has 2 nitrogen and oxygen atoms in total. The molecule has 19 heavy (non-hydrogen) atoms. The normalized spacial score (nSPS) is 11.8. The van der Waals surface area contributed by atoms with E-state index in [1.165, 1.54) is 16.7 Å². The molecule has 0 amide bonds. The lowest BCUT2D eigenvalue weighted by Gasteiger charge is -2.21. The number of hydrogen-bond acceptors (Lipinski definition) is 2. The van der Waals surface area contributed by atoms with Gasteiger partial charge in [-0.1, -0.05) is 54.6 Å². The summed E-state index contributed by atoms with van der Waals surface area (Å²) in [5.41, 5.74) is 3.77. The number of benzene rings is 2. The van der Waals surface area contributed by atoms with Crippen LogP contribution in [0.3, 0.4) is 0 Å². The van der Waals surface area contributed by atoms with Crippen LogP contribution in [0.1, 0.15) is 29.2 Å². The monoisotopic (exact) mass is 250 g/mol. The van der Waals surface area contributed by atoms with E-state index in [0.717, 1.165) is 0 Å². The number of aryl methyl sites for hydroxylation is 1. The molecular formula is C17H18N2. The number of rotatable bonds is 5. The molecule has 96 valence electrons. The van der Waals surface area contributed by atoms with Crippen LogP contribution in [0, 0.1) is 18.3 Å². The molecule has 1 unspecified atom stereocenters. The summed E-state index contributed by atoms with van der Waals surface area (Å²) in [7, 11) is 0. The van der Waals surface area contributed by atoms with Gasteiger partial charge in [-0.2, -0.15) is 5.26 Å². The van der Waals surface area contributed by atoms with Crippen molar-refractivity contribution in [3.63, 3.8) is 0 Å². The smallest absolute Gasteiger partial charge is 0.0635 e. The first-order valence-electron chi connectivity index (χ1n) is 6.53. The van der Waals surface area contributed by atoms with Gasteiger partial charge in [0.2, 0.25) is 0 Å². The summed E-state index contributed by atoms with van der Waals surface area (Å²) < 4.78 is 0. The first-order chi connectivity index (χ1) is 9.33. The van der Waals surface area contributed by atoms with Crippen LogP contribution in [0.5, 0.6) is 0 Å². The van der Waals surface area contributed by atoms with Crippen LogP contribution in [-0.4, -0.2) is 6.54 Å². The number of nitriles is 1. The molecule has 0 bridgehead atoms. The van der Waals surface area contributed by atoms with E-state index in [9.17, 15) is 0 Å². The molecular weight excluding hydrogens is 232 g/mol. The van der Waals surface area contributed by atoms with E-state index in [-0.39, 0.29) is 6.04 Å². The summed E-state index contributed by atoms with van der Waals surface area (Å²) in [5, 5.41) is 12.2. The van der Waals surface area contributed by atoms with Crippen LogP contribution in [-0.2, 0) is 0 Å². The van der Waals surface area contributed by atoms with Crippen LogP contribution < -0.4 is 5.32 Å². The second-order valence-corrected chi connectivity index (χ2v) is 4.56. The summed E-state index contributed by atoms with van der Waals surface area (Å²) in [6.07, 6.45) is 0.523. The van der Waals surface area contributed by atoms with Crippen LogP contribution in [0.2, 0.25) is 0 Å². The highest BCUT2D eigenvalue weighted by atomic mass is 14.9. The fourth-order valence-electron chi connectivity index (χ4n) is 2.24. The van der Waals surface area contributed by atoms with Crippen molar-refractivity contribution in [1.29, 1.82) is 5.26 Å². The Morgan fingerprint density at radius 3 is 2.42 bits per heavy atom. The molecule has 0 saturated carbocycles. The van der Waals surface area contributed by atoms with Crippen molar-refractivity contribution >= 4 is 0 Å². The predicted octanol–water partition coefficient (Wildman–Crippen LogP) is 3.59. The van der Waals surface area contributed by atoms with Gasteiger partial charge in [0.1, 0.15) is 0 Å². The summed E-state index contributed by atoms with van der Waals surface area (Å²) in [6, 6.07) is 21.1. The Balaban J connectivity index is 2.30. The molecule has 2 aromatic rings. The fourth-order valence-corrected chi connectivity index (χ4v) is 2.24. The van der Waals surface area contributed by atoms with E-state index < -0.39 is 0 Å². The van der Waals surface area contributed by atoms with E-state index in [0.29, 0.717) is 13.0 Å². The van der Waals surface area contributed by atoms with E-state index in [2.05, 4.69) is 54.7 Å². The van der Waals surface area contributed by atoms with Gasteiger partial charge in [-0.05, 0) is 23.6 Å². The molecule has 0 aliphatic heterocycles. The SMILES string of the molecule is Cc1ccccc1C(NCCC#N)c1ccccc1. The maximum Gasteiger partial charge on any atom is 0.0635 e. The Morgan fingerprint density at radius 2 is 1.74 bits per heavy atom. The lowest BCUT2D eigenvalue weighted by atomic mass is 9.95. The Hall–Kier alpha value is -2.11. The lowest BCUT2D eigenvalue weighted by molar-refractivity contribution is 0.610. The third kappa shape index (κ3) is 3.43. The highest BCUT2D eigenvalue weighted by molar-refractivity contribution is 5.36. The number of hydrogen-bond donors (Lipinski definition) is 1. The van der Waals surface area contributed by atoms with E-state index in [1.54, 1.807) is 0 Å². The van der Waals surface area contributed by atoms with Crippen molar-refractivity contribution in [2.75, 3.05) is 6.54 Å². The van der Waals surface area contributed by atoms with Gasteiger partial charge < -0.3 is 5.32 Å². The topological polar surface area (TPSA) is 35.8 Å². The Kier molecular flexibility index (Phi) is 4.72. The zero-order valence-corrected chi connectivity index (χ0v) is 11.1. The zero-order valence-electron chi connectivity index (χ0n) is 11.1. The van der Waals surface area contributed by atoms with E-state index >= 15 is 0 Å². The fraction of sp³-hybridized carbons (Fsp3) is 0.235. The van der Waals surface area contributed by atoms with Crippen LogP contribution in [0.15, 0.2) is 54.6 Å². The summed E-state index contributed by atoms with van der Waals surface area (Å²) in [6.45, 7) is 2.82. The molecule has 0 radical (unpaired) electrons. The van der Waals surface area contributed by atoms with Gasteiger partial charge in [0.05, 0.1) is 12.1 Å². The highest BCUT2D eigenvalue weighted by Gasteiger charge is 2.14. The summed E-state index contributed by atoms with van der Waals surface area (Å²) >= 11 is 0. The lowest BCUT2D eigenvalue weighted by Crippen LogP contribution is -2.24. The van der Waals surface area contributed by atoms with Gasteiger partial charge in [-0.15, -0.1) is 0 Å². The number of nitrogens with one attached hydrogen (secondary N) is 1. The molecule has 0 aliphatic carbocycles. The van der Waals surface area contributed by atoms with Gasteiger partial charge in [-0.25, -0.2) is 0 Å². The van der Waals surface area contributed by atoms with Gasteiger partial charge in [-0.3, -0.25) is 0 Å². The van der Waals surface area contributed by atoms with Gasteiger partial charge in [0.15, 0.2) is 0 Å². The van der Waals surface area contributed by atoms with Crippen LogP contribution >= 0.6 is 0 Å². The molecule has 1 atom stereocenters. The van der Waals surface area contributed by atoms with Gasteiger partial charge >= 0.3 is 0 Å². The van der Waals surface area contributed by atoms with Crippen LogP contribution in [0.25, 0.3) is 0 Å². The summed E-state index contributed by atoms with van der Waals surface area (Å²) in [5.74, 6) is 0. The molecule has 0 heterocycles. The van der Waals surface area contributed by atoms with Gasteiger partial charge in [0.25, 0.3) is 0 Å². The minimum atomic E-state index is 0.149. The molecule has 2 rings (SSSR count). The van der Waals surface area contributed by atoms with Crippen LogP contribution in [0.4, 0.5) is 0 Å². The van der Waals surface area contributed by atoms with Crippen molar-refractivity contribution in [3.8, 4) is 6.07 Å². The average molecular weight is 250 g/mol. The molecule has 2 aromatic carbocycles. The number of nitrogens with zero attached hydrogens (tertiary/aromatic N) is 1. The molecule has 0 aromatic heterocycles. The van der Waals surface area contributed by atoms with Crippen molar-refractivity contribution in [2.45, 2.75) is 19.4 Å². The molecule has 0 fully saturated rings. The second-order valence-electron chi connectivity index (χ2n) is 4.56. The Labute approximate surface area is 114 Å². The third-order valence-electron chi connectivity index (χ3n) is 3.22. The maximum absolute atomic E-state index is 8.68. The molecule has 0 aliphatic rings.